The Bertz CT molecular complexity index is 918. The molecule has 11 heteroatoms. The summed E-state index contributed by atoms with van der Waals surface area (Å²) in [5.74, 6) is 1.01. The van der Waals surface area contributed by atoms with Gasteiger partial charge in [-0.1, -0.05) is 6.92 Å². The molecular weight excluding hydrogens is 429 g/mol. The molecule has 32 heavy (non-hydrogen) atoms. The van der Waals surface area contributed by atoms with Crippen LogP contribution in [0.3, 0.4) is 0 Å². The van der Waals surface area contributed by atoms with Gasteiger partial charge < -0.3 is 24.8 Å². The van der Waals surface area contributed by atoms with E-state index < -0.39 is 18.1 Å². The first-order chi connectivity index (χ1) is 15.3. The molecule has 0 unspecified atom stereocenters. The van der Waals surface area contributed by atoms with Gasteiger partial charge in [0.15, 0.2) is 0 Å². The molecule has 1 heterocycles. The van der Waals surface area contributed by atoms with Crippen molar-refractivity contribution in [2.24, 2.45) is 0 Å². The van der Waals surface area contributed by atoms with Crippen molar-refractivity contribution in [3.63, 3.8) is 0 Å². The molecular formula is C21H25F3N4O4. The number of rotatable bonds is 7. The number of urea groups is 1. The summed E-state index contributed by atoms with van der Waals surface area (Å²) in [4.78, 5) is 20.9. The van der Waals surface area contributed by atoms with Crippen LogP contribution in [0.25, 0.3) is 0 Å². The van der Waals surface area contributed by atoms with Crippen molar-refractivity contribution < 1.29 is 32.2 Å². The van der Waals surface area contributed by atoms with Gasteiger partial charge in [-0.15, -0.1) is 13.2 Å². The zero-order valence-electron chi connectivity index (χ0n) is 17.7. The van der Waals surface area contributed by atoms with Crippen molar-refractivity contribution in [3.05, 3.63) is 36.3 Å². The molecule has 3 rings (SSSR count). The molecule has 0 aliphatic heterocycles. The number of anilines is 1. The normalized spacial score (nSPS) is 18.5. The van der Waals surface area contributed by atoms with Crippen LogP contribution in [-0.2, 0) is 6.42 Å². The lowest BCUT2D eigenvalue weighted by atomic mass is 9.93. The van der Waals surface area contributed by atoms with Gasteiger partial charge in [-0.05, 0) is 37.8 Å². The maximum Gasteiger partial charge on any atom is 0.573 e. The summed E-state index contributed by atoms with van der Waals surface area (Å²) in [6.07, 6.45) is 0.394. The molecule has 1 aliphatic carbocycles. The largest absolute Gasteiger partial charge is 0.573 e. The van der Waals surface area contributed by atoms with E-state index in [1.54, 1.807) is 12.3 Å². The van der Waals surface area contributed by atoms with Crippen molar-refractivity contribution in [1.29, 1.82) is 0 Å². The fourth-order valence-corrected chi connectivity index (χ4v) is 3.44. The second kappa shape index (κ2) is 10.4. The standard InChI is InChI=1S/C21H25F3N4O4/c1-3-18-25-11-10-19(28-18)31-14-6-4-13(5-7-14)26-20(29)27-16-12-15(32-21(22,23)24)8-9-17(16)30-2/h8-14H,3-7H2,1-2H3,(H2,26,27,29). The van der Waals surface area contributed by atoms with E-state index in [1.807, 2.05) is 6.92 Å². The third kappa shape index (κ3) is 6.89. The van der Waals surface area contributed by atoms with Gasteiger partial charge in [0.1, 0.15) is 23.4 Å². The number of alkyl halides is 3. The molecule has 0 radical (unpaired) electrons. The molecule has 1 fully saturated rings. The van der Waals surface area contributed by atoms with Crippen molar-refractivity contribution in [2.45, 2.75) is 57.5 Å². The third-order valence-electron chi connectivity index (χ3n) is 4.95. The Morgan fingerprint density at radius 3 is 2.59 bits per heavy atom. The van der Waals surface area contributed by atoms with Gasteiger partial charge >= 0.3 is 12.4 Å². The number of hydrogen-bond acceptors (Lipinski definition) is 6. The van der Waals surface area contributed by atoms with E-state index in [0.717, 1.165) is 37.2 Å². The third-order valence-corrected chi connectivity index (χ3v) is 4.95. The van der Waals surface area contributed by atoms with Crippen molar-refractivity contribution in [2.75, 3.05) is 12.4 Å². The Morgan fingerprint density at radius 1 is 1.19 bits per heavy atom. The Morgan fingerprint density at radius 2 is 1.94 bits per heavy atom. The quantitative estimate of drug-likeness (QED) is 0.642. The van der Waals surface area contributed by atoms with Crippen LogP contribution in [-0.4, -0.2) is 41.6 Å². The molecule has 2 amide bonds. The lowest BCUT2D eigenvalue weighted by Gasteiger charge is -2.29. The summed E-state index contributed by atoms with van der Waals surface area (Å²) >= 11 is 0. The maximum absolute atomic E-state index is 12.5. The number of halogens is 3. The minimum atomic E-state index is -4.83. The molecule has 2 N–H and O–H groups in total. The van der Waals surface area contributed by atoms with Crippen LogP contribution in [0.4, 0.5) is 23.7 Å². The van der Waals surface area contributed by atoms with Gasteiger partial charge in [0, 0.05) is 30.8 Å². The number of aromatic nitrogens is 2. The Hall–Kier alpha value is -3.24. The summed E-state index contributed by atoms with van der Waals surface area (Å²) in [6, 6.07) is 4.55. The second-order valence-corrected chi connectivity index (χ2v) is 7.26. The number of nitrogens with one attached hydrogen (secondary N) is 2. The topological polar surface area (TPSA) is 94.6 Å². The average Bonchev–Trinajstić information content (AvgIpc) is 2.74. The number of benzene rings is 1. The zero-order valence-corrected chi connectivity index (χ0v) is 17.7. The highest BCUT2D eigenvalue weighted by Gasteiger charge is 2.31. The molecule has 174 valence electrons. The molecule has 0 bridgehead atoms. The summed E-state index contributed by atoms with van der Waals surface area (Å²) in [5, 5.41) is 5.37. The maximum atomic E-state index is 12.5. The Balaban J connectivity index is 1.51. The molecule has 2 aromatic rings. The number of methoxy groups -OCH3 is 1. The van der Waals surface area contributed by atoms with Gasteiger partial charge in [0.05, 0.1) is 12.8 Å². The average molecular weight is 454 g/mol. The molecule has 0 spiro atoms. The lowest BCUT2D eigenvalue weighted by Crippen LogP contribution is -2.41. The summed E-state index contributed by atoms with van der Waals surface area (Å²) in [5.41, 5.74) is 0.0688. The van der Waals surface area contributed by atoms with Gasteiger partial charge in [0.2, 0.25) is 5.88 Å². The van der Waals surface area contributed by atoms with E-state index >= 15 is 0 Å². The predicted octanol–water partition coefficient (Wildman–Crippen LogP) is 4.46. The highest BCUT2D eigenvalue weighted by Crippen LogP contribution is 2.32. The van der Waals surface area contributed by atoms with Gasteiger partial charge in [-0.25, -0.2) is 9.78 Å². The van der Waals surface area contributed by atoms with Crippen LogP contribution in [0, 0.1) is 0 Å². The SMILES string of the molecule is CCc1nccc(OC2CCC(NC(=O)Nc3cc(OC(F)(F)F)ccc3OC)CC2)n1. The number of aryl methyl sites for hydroxylation is 1. The summed E-state index contributed by atoms with van der Waals surface area (Å²) < 4.78 is 52.3. The molecule has 1 aliphatic rings. The minimum Gasteiger partial charge on any atom is -0.495 e. The highest BCUT2D eigenvalue weighted by molar-refractivity contribution is 5.91. The molecule has 0 atom stereocenters. The summed E-state index contributed by atoms with van der Waals surface area (Å²) in [6.45, 7) is 1.97. The van der Waals surface area contributed by atoms with E-state index in [2.05, 4.69) is 25.3 Å². The molecule has 0 saturated heterocycles. The first kappa shape index (κ1) is 23.4. The molecule has 1 aromatic carbocycles. The van der Waals surface area contributed by atoms with Crippen LogP contribution in [0.15, 0.2) is 30.5 Å². The van der Waals surface area contributed by atoms with Gasteiger partial charge in [-0.3, -0.25) is 0 Å². The smallest absolute Gasteiger partial charge is 0.495 e. The predicted molar refractivity (Wildman–Crippen MR) is 110 cm³/mol. The van der Waals surface area contributed by atoms with Crippen LogP contribution >= 0.6 is 0 Å². The number of amides is 2. The monoisotopic (exact) mass is 454 g/mol. The van der Waals surface area contributed by atoms with Crippen LogP contribution < -0.4 is 24.8 Å². The van der Waals surface area contributed by atoms with E-state index in [9.17, 15) is 18.0 Å². The van der Waals surface area contributed by atoms with E-state index in [1.165, 1.54) is 13.2 Å². The number of nitrogens with zero attached hydrogens (tertiary/aromatic N) is 2. The van der Waals surface area contributed by atoms with E-state index in [-0.39, 0.29) is 23.6 Å². The minimum absolute atomic E-state index is 0.00740. The van der Waals surface area contributed by atoms with E-state index in [0.29, 0.717) is 18.7 Å². The fraction of sp³-hybridized carbons (Fsp3) is 0.476. The van der Waals surface area contributed by atoms with Crippen molar-refractivity contribution in [1.82, 2.24) is 15.3 Å². The molecule has 1 saturated carbocycles. The second-order valence-electron chi connectivity index (χ2n) is 7.26. The van der Waals surface area contributed by atoms with Crippen LogP contribution in [0.5, 0.6) is 17.4 Å². The first-order valence-electron chi connectivity index (χ1n) is 10.3. The van der Waals surface area contributed by atoms with Crippen LogP contribution in [0.1, 0.15) is 38.4 Å². The van der Waals surface area contributed by atoms with Crippen molar-refractivity contribution >= 4 is 11.7 Å². The summed E-state index contributed by atoms with van der Waals surface area (Å²) in [7, 11) is 1.35. The van der Waals surface area contributed by atoms with E-state index in [4.69, 9.17) is 9.47 Å². The fourth-order valence-electron chi connectivity index (χ4n) is 3.44. The Kier molecular flexibility index (Phi) is 7.60. The number of carbonyl (C=O) groups excluding carboxylic acids is 1. The lowest BCUT2D eigenvalue weighted by molar-refractivity contribution is -0.274. The first-order valence-corrected chi connectivity index (χ1v) is 10.3. The van der Waals surface area contributed by atoms with Gasteiger partial charge in [-0.2, -0.15) is 4.98 Å². The number of hydrogen-bond donors (Lipinski definition) is 2. The number of carbonyl (C=O) groups is 1. The van der Waals surface area contributed by atoms with Crippen LogP contribution in [0.2, 0.25) is 0 Å². The highest BCUT2D eigenvalue weighted by atomic mass is 19.4. The van der Waals surface area contributed by atoms with Gasteiger partial charge in [0.25, 0.3) is 0 Å². The van der Waals surface area contributed by atoms with Crippen molar-refractivity contribution in [3.8, 4) is 17.4 Å². The molecule has 8 nitrogen and oxygen atoms in total. The Labute approximate surface area is 183 Å². The number of ether oxygens (including phenoxy) is 3. The molecule has 1 aromatic heterocycles. The zero-order chi connectivity index (χ0) is 23.1.